The lowest BCUT2D eigenvalue weighted by Crippen LogP contribution is -1.96. The van der Waals surface area contributed by atoms with Gasteiger partial charge in [-0.2, -0.15) is 0 Å². The molecule has 4 rings (SSSR count). The van der Waals surface area contributed by atoms with Crippen LogP contribution < -0.4 is 4.74 Å². The van der Waals surface area contributed by atoms with Crippen molar-refractivity contribution in [1.29, 1.82) is 0 Å². The highest BCUT2D eigenvalue weighted by molar-refractivity contribution is 6.09. The molecule has 0 spiro atoms. The first-order valence-corrected chi connectivity index (χ1v) is 7.06. The number of para-hydroxylation sites is 2. The number of rotatable bonds is 2. The van der Waals surface area contributed by atoms with Gasteiger partial charge in [-0.05, 0) is 19.1 Å². The zero-order valence-electron chi connectivity index (χ0n) is 12.3. The minimum absolute atomic E-state index is 0.507. The highest BCUT2D eigenvalue weighted by atomic mass is 16.5. The normalized spacial score (nSPS) is 11.2. The maximum Gasteiger partial charge on any atom is 0.240 e. The number of aryl methyl sites for hydroxylation is 1. The average Bonchev–Trinajstić information content (AvgIpc) is 2.93. The smallest absolute Gasteiger partial charge is 0.240 e. The van der Waals surface area contributed by atoms with Crippen molar-refractivity contribution in [2.75, 3.05) is 7.11 Å². The average molecular weight is 290 g/mol. The van der Waals surface area contributed by atoms with Crippen molar-refractivity contribution in [2.24, 2.45) is 0 Å². The van der Waals surface area contributed by atoms with E-state index >= 15 is 0 Å². The maximum absolute atomic E-state index is 6.04. The van der Waals surface area contributed by atoms with E-state index in [9.17, 15) is 0 Å². The molecule has 0 aliphatic rings. The largest absolute Gasteiger partial charge is 0.479 e. The van der Waals surface area contributed by atoms with Crippen LogP contribution in [-0.4, -0.2) is 17.1 Å². The van der Waals surface area contributed by atoms with Crippen molar-refractivity contribution in [3.63, 3.8) is 0 Å². The van der Waals surface area contributed by atoms with Gasteiger partial charge >= 0.3 is 0 Å². The third kappa shape index (κ3) is 1.84. The summed E-state index contributed by atoms with van der Waals surface area (Å²) in [5.74, 6) is 0.507. The van der Waals surface area contributed by atoms with Crippen molar-refractivity contribution in [3.8, 4) is 17.1 Å². The quantitative estimate of drug-likeness (QED) is 0.550. The fraction of sp³-hybridized carbons (Fsp3) is 0.111. The minimum Gasteiger partial charge on any atom is -0.479 e. The van der Waals surface area contributed by atoms with E-state index in [0.29, 0.717) is 11.6 Å². The molecule has 0 aliphatic heterocycles. The van der Waals surface area contributed by atoms with Gasteiger partial charge in [-0.25, -0.2) is 9.97 Å². The molecule has 0 fully saturated rings. The van der Waals surface area contributed by atoms with Gasteiger partial charge in [0.05, 0.1) is 12.8 Å². The Morgan fingerprint density at radius 3 is 2.68 bits per heavy atom. The fourth-order valence-corrected chi connectivity index (χ4v) is 2.72. The van der Waals surface area contributed by atoms with Gasteiger partial charge < -0.3 is 9.15 Å². The molecule has 0 saturated heterocycles. The van der Waals surface area contributed by atoms with Crippen molar-refractivity contribution >= 4 is 21.9 Å². The van der Waals surface area contributed by atoms with Gasteiger partial charge in [-0.1, -0.05) is 30.3 Å². The van der Waals surface area contributed by atoms with Crippen molar-refractivity contribution < 1.29 is 9.15 Å². The Morgan fingerprint density at radius 1 is 1.00 bits per heavy atom. The predicted octanol–water partition coefficient (Wildman–Crippen LogP) is 4.36. The van der Waals surface area contributed by atoms with Crippen LogP contribution in [0.15, 0.2) is 53.1 Å². The molecule has 0 N–H and O–H groups in total. The summed E-state index contributed by atoms with van der Waals surface area (Å²) in [6.07, 6.45) is 1.74. The molecule has 0 atom stereocenters. The van der Waals surface area contributed by atoms with E-state index < -0.39 is 0 Å². The lowest BCUT2D eigenvalue weighted by molar-refractivity contribution is 0.396. The molecule has 4 heteroatoms. The molecule has 4 aromatic rings. The van der Waals surface area contributed by atoms with Crippen LogP contribution in [0.5, 0.6) is 5.88 Å². The zero-order chi connectivity index (χ0) is 15.1. The van der Waals surface area contributed by atoms with E-state index in [1.807, 2.05) is 37.3 Å². The summed E-state index contributed by atoms with van der Waals surface area (Å²) in [5, 5.41) is 2.16. The van der Waals surface area contributed by atoms with Gasteiger partial charge in [0.1, 0.15) is 16.9 Å². The molecule has 108 valence electrons. The summed E-state index contributed by atoms with van der Waals surface area (Å²) in [6.45, 7) is 1.89. The Hall–Kier alpha value is -2.88. The second-order valence-corrected chi connectivity index (χ2v) is 5.15. The first kappa shape index (κ1) is 12.8. The second-order valence-electron chi connectivity index (χ2n) is 5.15. The monoisotopic (exact) mass is 290 g/mol. The predicted molar refractivity (Wildman–Crippen MR) is 86.0 cm³/mol. The Bertz CT molecular complexity index is 989. The van der Waals surface area contributed by atoms with Crippen molar-refractivity contribution in [1.82, 2.24) is 9.97 Å². The van der Waals surface area contributed by atoms with E-state index in [1.54, 1.807) is 13.3 Å². The van der Waals surface area contributed by atoms with Gasteiger partial charge in [-0.3, -0.25) is 0 Å². The molecule has 2 aromatic heterocycles. The number of aromatic nitrogens is 2. The van der Waals surface area contributed by atoms with E-state index in [4.69, 9.17) is 9.15 Å². The fourth-order valence-electron chi connectivity index (χ4n) is 2.72. The Labute approximate surface area is 127 Å². The molecule has 0 aliphatic carbocycles. The molecule has 0 amide bonds. The summed E-state index contributed by atoms with van der Waals surface area (Å²) < 4.78 is 11.4. The summed E-state index contributed by atoms with van der Waals surface area (Å²) in [4.78, 5) is 8.89. The van der Waals surface area contributed by atoms with E-state index in [1.165, 1.54) is 0 Å². The molecule has 0 unspecified atom stereocenters. The van der Waals surface area contributed by atoms with E-state index in [-0.39, 0.29) is 0 Å². The lowest BCUT2D eigenvalue weighted by Gasteiger charge is -2.07. The molecule has 4 nitrogen and oxygen atoms in total. The van der Waals surface area contributed by atoms with Crippen LogP contribution in [0, 0.1) is 6.92 Å². The first-order valence-electron chi connectivity index (χ1n) is 7.06. The molecule has 2 heterocycles. The van der Waals surface area contributed by atoms with E-state index in [2.05, 4.69) is 22.1 Å². The number of benzene rings is 2. The highest BCUT2D eigenvalue weighted by Crippen LogP contribution is 2.37. The standard InChI is InChI=1S/C18H14N2O2/c1-11-10-19-16(18(20-11)21-2)14-8-5-7-13-12-6-3-4-9-15(12)22-17(13)14/h3-10H,1-2H3. The third-order valence-corrected chi connectivity index (χ3v) is 3.71. The number of methoxy groups -OCH3 is 1. The maximum atomic E-state index is 6.04. The van der Waals surface area contributed by atoms with Crippen LogP contribution in [-0.2, 0) is 0 Å². The van der Waals surface area contributed by atoms with Crippen LogP contribution in [0.2, 0.25) is 0 Å². The lowest BCUT2D eigenvalue weighted by atomic mass is 10.1. The summed E-state index contributed by atoms with van der Waals surface area (Å²) >= 11 is 0. The number of hydrogen-bond acceptors (Lipinski definition) is 4. The Morgan fingerprint density at radius 2 is 1.82 bits per heavy atom. The van der Waals surface area contributed by atoms with Gasteiger partial charge in [0.15, 0.2) is 0 Å². The molecule has 2 aromatic carbocycles. The van der Waals surface area contributed by atoms with Gasteiger partial charge in [0.2, 0.25) is 5.88 Å². The minimum atomic E-state index is 0.507. The number of fused-ring (bicyclic) bond motifs is 3. The molecular weight excluding hydrogens is 276 g/mol. The molecule has 0 bridgehead atoms. The Kier molecular flexibility index (Phi) is 2.82. The topological polar surface area (TPSA) is 48.2 Å². The Balaban J connectivity index is 2.07. The molecule has 0 radical (unpaired) electrons. The van der Waals surface area contributed by atoms with Gasteiger partial charge in [-0.15, -0.1) is 0 Å². The molecular formula is C18H14N2O2. The zero-order valence-corrected chi connectivity index (χ0v) is 12.3. The second kappa shape index (κ2) is 4.84. The molecule has 22 heavy (non-hydrogen) atoms. The number of furan rings is 1. The SMILES string of the molecule is COc1nc(C)cnc1-c1cccc2c1oc1ccccc12. The van der Waals surface area contributed by atoms with Crippen LogP contribution >= 0.6 is 0 Å². The summed E-state index contributed by atoms with van der Waals surface area (Å²) in [5.41, 5.74) is 4.07. The van der Waals surface area contributed by atoms with Crippen LogP contribution in [0.4, 0.5) is 0 Å². The number of ether oxygens (including phenoxy) is 1. The van der Waals surface area contributed by atoms with Gasteiger partial charge in [0, 0.05) is 22.5 Å². The van der Waals surface area contributed by atoms with Crippen LogP contribution in [0.1, 0.15) is 5.69 Å². The number of nitrogens with zero attached hydrogens (tertiary/aromatic N) is 2. The molecule has 0 saturated carbocycles. The third-order valence-electron chi connectivity index (χ3n) is 3.71. The van der Waals surface area contributed by atoms with Crippen molar-refractivity contribution in [2.45, 2.75) is 6.92 Å². The van der Waals surface area contributed by atoms with Gasteiger partial charge in [0.25, 0.3) is 0 Å². The number of hydrogen-bond donors (Lipinski definition) is 0. The highest BCUT2D eigenvalue weighted by Gasteiger charge is 2.16. The first-order chi connectivity index (χ1) is 10.8. The van der Waals surface area contributed by atoms with Crippen LogP contribution in [0.3, 0.4) is 0 Å². The summed E-state index contributed by atoms with van der Waals surface area (Å²) in [6, 6.07) is 14.0. The van der Waals surface area contributed by atoms with Crippen LogP contribution in [0.25, 0.3) is 33.2 Å². The van der Waals surface area contributed by atoms with E-state index in [0.717, 1.165) is 33.2 Å². The van der Waals surface area contributed by atoms with Crippen molar-refractivity contribution in [3.05, 3.63) is 54.4 Å². The summed E-state index contributed by atoms with van der Waals surface area (Å²) in [7, 11) is 1.60.